The van der Waals surface area contributed by atoms with E-state index in [1.165, 1.54) is 16.7 Å². The number of nitrogens with zero attached hydrogens (tertiary/aromatic N) is 1. The van der Waals surface area contributed by atoms with Gasteiger partial charge in [0.1, 0.15) is 0 Å². The number of quaternary nitrogens is 2. The summed E-state index contributed by atoms with van der Waals surface area (Å²) in [6.07, 6.45) is 0. The molecule has 0 rings (SSSR count). The fourth-order valence-electron chi connectivity index (χ4n) is 0. The van der Waals surface area contributed by atoms with E-state index in [1.54, 1.807) is 6.07 Å². The van der Waals surface area contributed by atoms with Gasteiger partial charge in [-0.25, -0.2) is 0 Å². The van der Waals surface area contributed by atoms with Crippen LogP contribution in [0.15, 0.2) is 0 Å². The second kappa shape index (κ2) is 16.7. The third kappa shape index (κ3) is 3860. The lowest BCUT2D eigenvalue weighted by Crippen LogP contribution is -3.02. The van der Waals surface area contributed by atoms with Gasteiger partial charge in [-0.3, -0.25) is 8.42 Å². The minimum atomic E-state index is -5.17. The smallest absolute Gasteiger partial charge is 0.0661 e. The molecule has 0 amide bonds. The molecule has 0 atom stereocenters. The van der Waals surface area contributed by atoms with Crippen LogP contribution < -0.4 is 9.80 Å². The van der Waals surface area contributed by atoms with Gasteiger partial charge in [0.15, 0.2) is 0 Å². The van der Waals surface area contributed by atoms with Gasteiger partial charge in [0.25, 0.3) is 0 Å². The maximum Gasteiger partial charge on any atom is 0.0661 e. The van der Waals surface area contributed by atoms with E-state index >= 15 is 0 Å². The monoisotopic (exact) mass is 257 g/mol. The van der Waals surface area contributed by atoms with Crippen molar-refractivity contribution in [3.05, 3.63) is 0 Å². The molecule has 0 spiro atoms. The van der Waals surface area contributed by atoms with Crippen LogP contribution in [0.1, 0.15) is 6.92 Å². The molecule has 0 fully saturated rings. The molecule has 2 N–H and O–H groups in total. The molecular formula is C8H23N3O4S. The summed E-state index contributed by atoms with van der Waals surface area (Å²) < 4.78 is 34.1. The predicted molar refractivity (Wildman–Crippen MR) is 59.2 cm³/mol. The van der Waals surface area contributed by atoms with E-state index in [1.807, 2.05) is 0 Å². The number of nitrogens with one attached hydrogen (secondary N) is 2. The first-order chi connectivity index (χ1) is 6.88. The molecule has 100 valence electrons. The van der Waals surface area contributed by atoms with E-state index in [2.05, 4.69) is 42.3 Å². The van der Waals surface area contributed by atoms with Crippen LogP contribution in [-0.4, -0.2) is 59.8 Å². The van der Waals surface area contributed by atoms with E-state index in [4.69, 9.17) is 22.8 Å². The molecule has 0 aromatic carbocycles. The van der Waals surface area contributed by atoms with Crippen LogP contribution in [0.5, 0.6) is 0 Å². The normalized spacial score (nSPS) is 8.62. The highest BCUT2D eigenvalue weighted by Crippen LogP contribution is 1.57. The fourth-order valence-corrected chi connectivity index (χ4v) is 0. The highest BCUT2D eigenvalue weighted by atomic mass is 32.3. The minimum absolute atomic E-state index is 1.42. The van der Waals surface area contributed by atoms with E-state index < -0.39 is 10.4 Å². The van der Waals surface area contributed by atoms with Crippen LogP contribution in [0.4, 0.5) is 0 Å². The van der Waals surface area contributed by atoms with Crippen LogP contribution >= 0.6 is 0 Å². The number of hydrogen-bond donors (Lipinski definition) is 2. The third-order valence-corrected chi connectivity index (χ3v) is 0. The van der Waals surface area contributed by atoms with Crippen molar-refractivity contribution in [2.75, 3.05) is 42.3 Å². The van der Waals surface area contributed by atoms with Crippen molar-refractivity contribution >= 4 is 10.4 Å². The predicted octanol–water partition coefficient (Wildman–Crippen LogP) is -3.29. The standard InChI is InChI=1S/2C3H9N.C2H3N.H2O4S/c2*1-4(2)3;1-2-3;1-5(2,3)4/h2*1-3H3;1H3;(H2,1,2,3,4). The van der Waals surface area contributed by atoms with Crippen molar-refractivity contribution < 1.29 is 27.3 Å². The van der Waals surface area contributed by atoms with E-state index in [0.29, 0.717) is 0 Å². The molecule has 0 heterocycles. The van der Waals surface area contributed by atoms with Gasteiger partial charge in [-0.15, -0.1) is 0 Å². The average Bonchev–Trinajstić information content (AvgIpc) is 1.78. The Kier molecular flexibility index (Phi) is 25.6. The van der Waals surface area contributed by atoms with Crippen LogP contribution in [0.25, 0.3) is 0 Å². The largest absolute Gasteiger partial charge is 0.759 e. The maximum atomic E-state index is 8.52. The highest BCUT2D eigenvalue weighted by molar-refractivity contribution is 7.79. The lowest BCUT2D eigenvalue weighted by atomic mass is 11.0. The topological polar surface area (TPSA) is 113 Å². The number of rotatable bonds is 0. The van der Waals surface area contributed by atoms with Crippen molar-refractivity contribution in [1.29, 1.82) is 5.26 Å². The average molecular weight is 257 g/mol. The summed E-state index contributed by atoms with van der Waals surface area (Å²) in [4.78, 5) is 2.83. The molecule has 0 unspecified atom stereocenters. The Morgan fingerprint density at radius 2 is 0.938 bits per heavy atom. The summed E-state index contributed by atoms with van der Waals surface area (Å²) in [5, 5.41) is 7.32. The van der Waals surface area contributed by atoms with Gasteiger partial charge in [-0.2, -0.15) is 5.26 Å². The van der Waals surface area contributed by atoms with Crippen molar-refractivity contribution in [3.8, 4) is 6.07 Å². The second-order valence-corrected chi connectivity index (χ2v) is 4.45. The molecule has 7 nitrogen and oxygen atoms in total. The number of hydrogen-bond acceptors (Lipinski definition) is 5. The molecule has 0 aliphatic heterocycles. The highest BCUT2D eigenvalue weighted by Gasteiger charge is 1.61. The zero-order valence-electron chi connectivity index (χ0n) is 11.0. The minimum Gasteiger partial charge on any atom is -0.759 e. The van der Waals surface area contributed by atoms with Crippen LogP contribution in [0, 0.1) is 11.3 Å². The lowest BCUT2D eigenvalue weighted by molar-refractivity contribution is -0.836. The molecule has 0 aromatic rings. The quantitative estimate of drug-likeness (QED) is 0.349. The first-order valence-corrected chi connectivity index (χ1v) is 5.72. The van der Waals surface area contributed by atoms with Gasteiger partial charge in [0.05, 0.1) is 48.4 Å². The summed E-state index contributed by atoms with van der Waals surface area (Å²) in [7, 11) is 7.33. The molecule has 0 aliphatic carbocycles. The maximum absolute atomic E-state index is 8.52. The first kappa shape index (κ1) is 24.5. The van der Waals surface area contributed by atoms with Gasteiger partial charge < -0.3 is 18.9 Å². The SMILES string of the molecule is CC#N.C[NH+](C)C.C[NH+](C)C.O=S(=O)([O-])[O-]. The second-order valence-electron chi connectivity index (χ2n) is 3.63. The molecule has 0 bridgehead atoms. The van der Waals surface area contributed by atoms with E-state index in [-0.39, 0.29) is 0 Å². The zero-order valence-corrected chi connectivity index (χ0v) is 11.8. The third-order valence-electron chi connectivity index (χ3n) is 0. The zero-order chi connectivity index (χ0) is 14.4. The van der Waals surface area contributed by atoms with Gasteiger partial charge in [-0.05, 0) is 0 Å². The lowest BCUT2D eigenvalue weighted by Gasteiger charge is -2.06. The fraction of sp³-hybridized carbons (Fsp3) is 0.875. The Bertz CT molecular complexity index is 225. The summed E-state index contributed by atoms with van der Waals surface area (Å²) in [6, 6.07) is 1.75. The molecular weight excluding hydrogens is 234 g/mol. The first-order valence-electron chi connectivity index (χ1n) is 4.39. The number of nitriles is 1. The Hall–Kier alpha value is -0.720. The summed E-state index contributed by atoms with van der Waals surface area (Å²) in [6.45, 7) is 1.43. The Morgan fingerprint density at radius 1 is 0.938 bits per heavy atom. The summed E-state index contributed by atoms with van der Waals surface area (Å²) >= 11 is 0. The van der Waals surface area contributed by atoms with Gasteiger partial charge in [0.2, 0.25) is 0 Å². The van der Waals surface area contributed by atoms with Gasteiger partial charge >= 0.3 is 0 Å². The van der Waals surface area contributed by atoms with Crippen molar-refractivity contribution in [2.24, 2.45) is 0 Å². The Balaban J connectivity index is -0.0000000610. The van der Waals surface area contributed by atoms with Crippen LogP contribution in [0.3, 0.4) is 0 Å². The van der Waals surface area contributed by atoms with Gasteiger partial charge in [-0.1, -0.05) is 0 Å². The molecule has 0 saturated carbocycles. The summed E-state index contributed by atoms with van der Waals surface area (Å²) in [5.41, 5.74) is 0. The Labute approximate surface area is 98.9 Å². The molecule has 8 heteroatoms. The molecule has 0 aliphatic rings. The van der Waals surface area contributed by atoms with Crippen molar-refractivity contribution in [3.63, 3.8) is 0 Å². The molecule has 0 aromatic heterocycles. The molecule has 16 heavy (non-hydrogen) atoms. The summed E-state index contributed by atoms with van der Waals surface area (Å²) in [5.74, 6) is 0. The van der Waals surface area contributed by atoms with Crippen LogP contribution in [-0.2, 0) is 10.4 Å². The van der Waals surface area contributed by atoms with E-state index in [0.717, 1.165) is 0 Å². The van der Waals surface area contributed by atoms with Crippen LogP contribution in [0.2, 0.25) is 0 Å². The van der Waals surface area contributed by atoms with Crippen molar-refractivity contribution in [2.45, 2.75) is 6.92 Å². The van der Waals surface area contributed by atoms with E-state index in [9.17, 15) is 0 Å². The van der Waals surface area contributed by atoms with Crippen molar-refractivity contribution in [1.82, 2.24) is 0 Å². The molecule has 0 radical (unpaired) electrons. The van der Waals surface area contributed by atoms with Gasteiger partial charge in [0, 0.05) is 17.3 Å². The Morgan fingerprint density at radius 3 is 0.938 bits per heavy atom. The molecule has 0 saturated heterocycles.